The molecule has 3 aromatic rings. The third-order valence-electron chi connectivity index (χ3n) is 6.06. The fourth-order valence-electron chi connectivity index (χ4n) is 3.97. The highest BCUT2D eigenvalue weighted by atomic mass is 19.4. The van der Waals surface area contributed by atoms with Crippen molar-refractivity contribution in [2.75, 3.05) is 0 Å². The molecule has 0 spiro atoms. The van der Waals surface area contributed by atoms with Crippen LogP contribution < -0.4 is 4.74 Å². The number of aliphatic hydroxyl groups excluding tert-OH is 1. The molecule has 1 atom stereocenters. The van der Waals surface area contributed by atoms with Gasteiger partial charge in [0.15, 0.2) is 11.6 Å². The zero-order chi connectivity index (χ0) is 28.3. The molecule has 1 N–H and O–H groups in total. The molecule has 0 aromatic heterocycles. The number of alkyl halides is 5. The summed E-state index contributed by atoms with van der Waals surface area (Å²) in [6.45, 7) is 3.19. The van der Waals surface area contributed by atoms with Gasteiger partial charge in [0, 0.05) is 11.1 Å². The summed E-state index contributed by atoms with van der Waals surface area (Å²) < 4.78 is 118. The number of aliphatic hydroxyl groups is 1. The van der Waals surface area contributed by atoms with Crippen LogP contribution in [0.1, 0.15) is 61.5 Å². The molecule has 0 aliphatic carbocycles. The van der Waals surface area contributed by atoms with Gasteiger partial charge in [0.2, 0.25) is 0 Å². The molecule has 3 rings (SSSR count). The second kappa shape index (κ2) is 11.7. The van der Waals surface area contributed by atoms with E-state index in [2.05, 4.69) is 4.74 Å². The van der Waals surface area contributed by atoms with Crippen molar-refractivity contribution in [1.82, 2.24) is 0 Å². The molecule has 0 fully saturated rings. The van der Waals surface area contributed by atoms with Crippen molar-refractivity contribution >= 4 is 0 Å². The average Bonchev–Trinajstić information content (AvgIpc) is 2.83. The molecule has 0 aliphatic rings. The number of benzene rings is 3. The van der Waals surface area contributed by atoms with Crippen LogP contribution >= 0.6 is 0 Å². The van der Waals surface area contributed by atoms with E-state index in [1.807, 2.05) is 6.92 Å². The fourth-order valence-corrected chi connectivity index (χ4v) is 3.97. The first-order valence-electron chi connectivity index (χ1n) is 12.0. The SMILES string of the molecule is CCCCc1ccc(-c2ccc(OC(F)(F)CCc3ccc(C(C)O)c(F)c3F)c(C(F)(F)F)c2F)cc1. The van der Waals surface area contributed by atoms with Crippen molar-refractivity contribution in [3.8, 4) is 16.9 Å². The summed E-state index contributed by atoms with van der Waals surface area (Å²) in [6, 6.07) is 9.75. The Morgan fingerprint density at radius 3 is 2.05 bits per heavy atom. The quantitative estimate of drug-likeness (QED) is 0.258. The van der Waals surface area contributed by atoms with Crippen LogP contribution in [0.4, 0.5) is 35.1 Å². The highest BCUT2D eigenvalue weighted by Crippen LogP contribution is 2.43. The van der Waals surface area contributed by atoms with Crippen LogP contribution in [0.5, 0.6) is 5.75 Å². The van der Waals surface area contributed by atoms with Gasteiger partial charge in [-0.2, -0.15) is 22.0 Å². The van der Waals surface area contributed by atoms with E-state index < -0.39 is 71.1 Å². The average molecular weight is 546 g/mol. The molecule has 2 nitrogen and oxygen atoms in total. The Bertz CT molecular complexity index is 1250. The zero-order valence-corrected chi connectivity index (χ0v) is 20.6. The number of hydrogen-bond donors (Lipinski definition) is 1. The van der Waals surface area contributed by atoms with Gasteiger partial charge in [-0.25, -0.2) is 13.2 Å². The summed E-state index contributed by atoms with van der Waals surface area (Å²) in [4.78, 5) is 0. The Hall–Kier alpha value is -3.14. The van der Waals surface area contributed by atoms with Crippen LogP contribution in [-0.2, 0) is 19.0 Å². The number of hydrogen-bond acceptors (Lipinski definition) is 2. The van der Waals surface area contributed by atoms with E-state index in [0.29, 0.717) is 6.07 Å². The number of unbranched alkanes of at least 4 members (excludes halogenated alkanes) is 1. The zero-order valence-electron chi connectivity index (χ0n) is 20.6. The van der Waals surface area contributed by atoms with Gasteiger partial charge in [0.25, 0.3) is 0 Å². The molecule has 0 saturated heterocycles. The highest BCUT2D eigenvalue weighted by Gasteiger charge is 2.42. The van der Waals surface area contributed by atoms with Crippen molar-refractivity contribution in [3.63, 3.8) is 0 Å². The lowest BCUT2D eigenvalue weighted by molar-refractivity contribution is -0.187. The fraction of sp³-hybridized carbons (Fsp3) is 0.357. The summed E-state index contributed by atoms with van der Waals surface area (Å²) in [7, 11) is 0. The predicted molar refractivity (Wildman–Crippen MR) is 126 cm³/mol. The summed E-state index contributed by atoms with van der Waals surface area (Å²) in [6.07, 6.45) is -10.5. The smallest absolute Gasteiger partial charge is 0.422 e. The third kappa shape index (κ3) is 6.83. The van der Waals surface area contributed by atoms with E-state index in [1.165, 1.54) is 19.1 Å². The van der Waals surface area contributed by atoms with Crippen molar-refractivity contribution in [1.29, 1.82) is 0 Å². The van der Waals surface area contributed by atoms with Gasteiger partial charge >= 0.3 is 12.3 Å². The maximum Gasteiger partial charge on any atom is 0.422 e. The predicted octanol–water partition coefficient (Wildman–Crippen LogP) is 8.79. The maximum absolute atomic E-state index is 15.1. The number of halogens is 8. The van der Waals surface area contributed by atoms with Crippen LogP contribution in [0.15, 0.2) is 48.5 Å². The summed E-state index contributed by atoms with van der Waals surface area (Å²) in [5, 5.41) is 9.42. The molecule has 3 aromatic carbocycles. The van der Waals surface area contributed by atoms with Crippen LogP contribution in [0.25, 0.3) is 11.1 Å². The van der Waals surface area contributed by atoms with Gasteiger partial charge in [0.05, 0.1) is 12.5 Å². The third-order valence-corrected chi connectivity index (χ3v) is 6.06. The van der Waals surface area contributed by atoms with Gasteiger partial charge in [-0.05, 0) is 55.0 Å². The Morgan fingerprint density at radius 2 is 1.47 bits per heavy atom. The van der Waals surface area contributed by atoms with Crippen molar-refractivity contribution in [2.24, 2.45) is 0 Å². The Labute approximate surface area is 214 Å². The van der Waals surface area contributed by atoms with E-state index in [0.717, 1.165) is 43.0 Å². The molecule has 38 heavy (non-hydrogen) atoms. The number of ether oxygens (including phenoxy) is 1. The van der Waals surface area contributed by atoms with Gasteiger partial charge in [-0.1, -0.05) is 49.7 Å². The van der Waals surface area contributed by atoms with Gasteiger partial charge < -0.3 is 9.84 Å². The molecule has 0 heterocycles. The summed E-state index contributed by atoms with van der Waals surface area (Å²) >= 11 is 0. The van der Waals surface area contributed by atoms with Gasteiger partial charge in [-0.3, -0.25) is 0 Å². The van der Waals surface area contributed by atoms with Gasteiger partial charge in [0.1, 0.15) is 17.1 Å². The molecule has 0 aliphatic heterocycles. The maximum atomic E-state index is 15.1. The van der Waals surface area contributed by atoms with E-state index in [1.54, 1.807) is 12.1 Å². The minimum absolute atomic E-state index is 0.129. The molecule has 0 radical (unpaired) electrons. The van der Waals surface area contributed by atoms with E-state index in [-0.39, 0.29) is 11.1 Å². The molecular weight excluding hydrogens is 520 g/mol. The number of aryl methyl sites for hydroxylation is 2. The van der Waals surface area contributed by atoms with Crippen molar-refractivity contribution in [3.05, 3.63) is 88.2 Å². The minimum Gasteiger partial charge on any atom is -0.432 e. The van der Waals surface area contributed by atoms with Crippen molar-refractivity contribution in [2.45, 2.75) is 64.3 Å². The monoisotopic (exact) mass is 546 g/mol. The van der Waals surface area contributed by atoms with Gasteiger partial charge in [-0.15, -0.1) is 0 Å². The van der Waals surface area contributed by atoms with Crippen LogP contribution in [0.2, 0.25) is 0 Å². The van der Waals surface area contributed by atoms with E-state index >= 15 is 4.39 Å². The van der Waals surface area contributed by atoms with Crippen LogP contribution in [0.3, 0.4) is 0 Å². The lowest BCUT2D eigenvalue weighted by Crippen LogP contribution is -2.27. The topological polar surface area (TPSA) is 29.5 Å². The summed E-state index contributed by atoms with van der Waals surface area (Å²) in [5.74, 6) is -6.09. The molecule has 10 heteroatoms. The largest absolute Gasteiger partial charge is 0.432 e. The first-order chi connectivity index (χ1) is 17.7. The highest BCUT2D eigenvalue weighted by molar-refractivity contribution is 5.67. The lowest BCUT2D eigenvalue weighted by atomic mass is 9.98. The molecule has 0 bridgehead atoms. The number of rotatable bonds is 10. The van der Waals surface area contributed by atoms with E-state index in [4.69, 9.17) is 0 Å². The van der Waals surface area contributed by atoms with Crippen LogP contribution in [-0.4, -0.2) is 11.2 Å². The molecule has 206 valence electrons. The Morgan fingerprint density at radius 1 is 0.816 bits per heavy atom. The van der Waals surface area contributed by atoms with Crippen LogP contribution in [0, 0.1) is 17.5 Å². The Kier molecular flexibility index (Phi) is 9.07. The second-order valence-corrected chi connectivity index (χ2v) is 8.96. The molecular formula is C28H26F8O2. The standard InChI is InChI=1S/C28H26F8O2/c1-3-4-5-17-6-8-18(9-7-17)21-12-13-22(23(25(21)30)28(34,35)36)38-27(32,33)15-14-19-10-11-20(16(2)37)26(31)24(19)29/h6-13,16,37H,3-5,14-15H2,1-2H3. The normalized spacial score (nSPS) is 13.0. The minimum atomic E-state index is -5.36. The molecule has 0 saturated carbocycles. The Balaban J connectivity index is 1.86. The summed E-state index contributed by atoms with van der Waals surface area (Å²) in [5.41, 5.74) is -2.26. The molecule has 0 amide bonds. The first kappa shape index (κ1) is 29.4. The lowest BCUT2D eigenvalue weighted by Gasteiger charge is -2.22. The van der Waals surface area contributed by atoms with Crippen molar-refractivity contribution < 1.29 is 45.0 Å². The van der Waals surface area contributed by atoms with E-state index in [9.17, 15) is 35.8 Å². The molecule has 1 unspecified atom stereocenters. The second-order valence-electron chi connectivity index (χ2n) is 8.96. The first-order valence-corrected chi connectivity index (χ1v) is 12.0.